The number of rotatable bonds is 6. The number of hydrogen-bond donors (Lipinski definition) is 3. The number of carbonyl (C=O) groups is 4. The number of aromatic carboxylic acids is 1. The van der Waals surface area contributed by atoms with Crippen LogP contribution in [0.1, 0.15) is 43.2 Å². The molecule has 4 amide bonds. The summed E-state index contributed by atoms with van der Waals surface area (Å²) in [5.41, 5.74) is 6.95. The molecule has 1 saturated heterocycles. The van der Waals surface area contributed by atoms with Gasteiger partial charge in [0.1, 0.15) is 0 Å². The van der Waals surface area contributed by atoms with Crippen LogP contribution in [0, 0.1) is 0 Å². The molecular weight excluding hydrogens is 452 g/mol. The monoisotopic (exact) mass is 474 g/mol. The van der Waals surface area contributed by atoms with E-state index >= 15 is 0 Å². The predicted octanol–water partition coefficient (Wildman–Crippen LogP) is 2.16. The zero-order valence-electron chi connectivity index (χ0n) is 18.5. The number of carbonyl (C=O) groups excluding carboxylic acids is 3. The molecule has 1 fully saturated rings. The van der Waals surface area contributed by atoms with Crippen LogP contribution in [0.5, 0.6) is 0 Å². The summed E-state index contributed by atoms with van der Waals surface area (Å²) in [5, 5.41) is 20.0. The minimum atomic E-state index is -1.26. The number of urea groups is 1. The average Bonchev–Trinajstić information content (AvgIpc) is 2.88. The minimum Gasteiger partial charge on any atom is -0.478 e. The lowest BCUT2D eigenvalue weighted by Gasteiger charge is -2.33. The van der Waals surface area contributed by atoms with Gasteiger partial charge in [0.25, 0.3) is 11.8 Å². The fourth-order valence-electron chi connectivity index (χ4n) is 3.63. The van der Waals surface area contributed by atoms with Gasteiger partial charge >= 0.3 is 12.0 Å². The Morgan fingerprint density at radius 2 is 1.66 bits per heavy atom. The van der Waals surface area contributed by atoms with E-state index in [1.807, 2.05) is 0 Å². The maximum absolute atomic E-state index is 13.1. The lowest BCUT2D eigenvalue weighted by Crippen LogP contribution is -2.52. The lowest BCUT2D eigenvalue weighted by atomic mass is 10.1. The number of aromatic nitrogens is 2. The fourth-order valence-corrected chi connectivity index (χ4v) is 3.63. The van der Waals surface area contributed by atoms with E-state index in [2.05, 4.69) is 15.5 Å². The van der Waals surface area contributed by atoms with Crippen molar-refractivity contribution in [3.63, 3.8) is 0 Å². The minimum absolute atomic E-state index is 0.0666. The number of benzene rings is 2. The normalized spacial score (nSPS) is 13.4. The van der Waals surface area contributed by atoms with Gasteiger partial charge in [-0.1, -0.05) is 24.3 Å². The van der Waals surface area contributed by atoms with Crippen molar-refractivity contribution >= 4 is 35.3 Å². The molecular formula is C24H22N6O5. The Labute approximate surface area is 200 Å². The molecule has 35 heavy (non-hydrogen) atoms. The van der Waals surface area contributed by atoms with Gasteiger partial charge < -0.3 is 16.2 Å². The molecule has 0 spiro atoms. The largest absolute Gasteiger partial charge is 0.478 e. The standard InChI is InChI=1S/C24H22N6O5/c25-16-8-6-15(7-9-16)14-26-21(31)19-10-11-20(28-27-19)29-12-3-13-30(24(29)35)22(32)17-4-1-2-5-18(17)23(33)34/h1-2,4-11H,3,12-14,25H2,(H,26,31)(H,33,34). The van der Waals surface area contributed by atoms with Gasteiger partial charge in [0.15, 0.2) is 11.5 Å². The molecule has 0 radical (unpaired) electrons. The molecule has 178 valence electrons. The van der Waals surface area contributed by atoms with E-state index in [0.29, 0.717) is 18.7 Å². The van der Waals surface area contributed by atoms with Crippen LogP contribution in [0.3, 0.4) is 0 Å². The third-order valence-electron chi connectivity index (χ3n) is 5.45. The molecule has 11 nitrogen and oxygen atoms in total. The van der Waals surface area contributed by atoms with Gasteiger partial charge in [-0.3, -0.25) is 19.4 Å². The third-order valence-corrected chi connectivity index (χ3v) is 5.45. The number of anilines is 2. The number of amides is 4. The van der Waals surface area contributed by atoms with E-state index in [1.165, 1.54) is 41.3 Å². The molecule has 4 N–H and O–H groups in total. The van der Waals surface area contributed by atoms with Crippen LogP contribution >= 0.6 is 0 Å². The summed E-state index contributed by atoms with van der Waals surface area (Å²) in [6.45, 7) is 0.712. The summed E-state index contributed by atoms with van der Waals surface area (Å²) in [7, 11) is 0. The van der Waals surface area contributed by atoms with Gasteiger partial charge in [0, 0.05) is 25.3 Å². The van der Waals surface area contributed by atoms with Gasteiger partial charge in [0.05, 0.1) is 11.1 Å². The highest BCUT2D eigenvalue weighted by molar-refractivity contribution is 6.12. The van der Waals surface area contributed by atoms with Crippen LogP contribution in [0.15, 0.2) is 60.7 Å². The molecule has 0 aliphatic carbocycles. The SMILES string of the molecule is Nc1ccc(CNC(=O)c2ccc(N3CCCN(C(=O)c4ccccc4C(=O)O)C3=O)nn2)cc1. The summed E-state index contributed by atoms with van der Waals surface area (Å²) in [4.78, 5) is 52.2. The van der Waals surface area contributed by atoms with Crippen LogP contribution in [-0.2, 0) is 6.54 Å². The van der Waals surface area contributed by atoms with E-state index in [0.717, 1.165) is 10.5 Å². The maximum atomic E-state index is 13.1. The lowest BCUT2D eigenvalue weighted by molar-refractivity contribution is 0.0680. The van der Waals surface area contributed by atoms with Gasteiger partial charge in [-0.25, -0.2) is 9.59 Å². The Morgan fingerprint density at radius 3 is 2.31 bits per heavy atom. The van der Waals surface area contributed by atoms with E-state index in [-0.39, 0.29) is 35.7 Å². The Hall–Kier alpha value is -4.80. The number of imide groups is 1. The third kappa shape index (κ3) is 5.08. The first-order valence-electron chi connectivity index (χ1n) is 10.8. The number of nitrogens with one attached hydrogen (secondary N) is 1. The second-order valence-corrected chi connectivity index (χ2v) is 7.80. The summed E-state index contributed by atoms with van der Waals surface area (Å²) in [6.07, 6.45) is 0.457. The molecule has 0 atom stereocenters. The highest BCUT2D eigenvalue weighted by Gasteiger charge is 2.34. The number of nitrogens with two attached hydrogens (primary N) is 1. The van der Waals surface area contributed by atoms with Crippen molar-refractivity contribution in [3.8, 4) is 0 Å². The van der Waals surface area contributed by atoms with Crippen molar-refractivity contribution in [2.24, 2.45) is 0 Å². The smallest absolute Gasteiger partial charge is 0.336 e. The van der Waals surface area contributed by atoms with Gasteiger partial charge in [0.2, 0.25) is 0 Å². The molecule has 4 rings (SSSR count). The van der Waals surface area contributed by atoms with Gasteiger partial charge in [-0.05, 0) is 48.4 Å². The number of hydrogen-bond acceptors (Lipinski definition) is 7. The predicted molar refractivity (Wildman–Crippen MR) is 126 cm³/mol. The van der Waals surface area contributed by atoms with Crippen molar-refractivity contribution in [3.05, 3.63) is 83.0 Å². The first-order valence-corrected chi connectivity index (χ1v) is 10.8. The first-order chi connectivity index (χ1) is 16.8. The van der Waals surface area contributed by atoms with Crippen molar-refractivity contribution in [1.29, 1.82) is 0 Å². The molecule has 0 saturated carbocycles. The number of nitrogen functional groups attached to an aromatic ring is 1. The number of nitrogens with zero attached hydrogens (tertiary/aromatic N) is 4. The Balaban J connectivity index is 1.45. The summed E-state index contributed by atoms with van der Waals surface area (Å²) >= 11 is 0. The zero-order valence-corrected chi connectivity index (χ0v) is 18.5. The van der Waals surface area contributed by atoms with Crippen molar-refractivity contribution in [1.82, 2.24) is 20.4 Å². The highest BCUT2D eigenvalue weighted by Crippen LogP contribution is 2.21. The van der Waals surface area contributed by atoms with E-state index < -0.39 is 23.8 Å². The van der Waals surface area contributed by atoms with Crippen molar-refractivity contribution < 1.29 is 24.3 Å². The molecule has 0 unspecified atom stereocenters. The molecule has 3 aromatic rings. The topological polar surface area (TPSA) is 159 Å². The molecule has 2 aromatic carbocycles. The average molecular weight is 474 g/mol. The first kappa shape index (κ1) is 23.4. The Morgan fingerprint density at radius 1 is 0.943 bits per heavy atom. The van der Waals surface area contributed by atoms with Crippen molar-refractivity contribution in [2.45, 2.75) is 13.0 Å². The van der Waals surface area contributed by atoms with Crippen LogP contribution < -0.4 is 16.0 Å². The van der Waals surface area contributed by atoms with E-state index in [4.69, 9.17) is 5.73 Å². The molecule has 1 aliphatic heterocycles. The van der Waals surface area contributed by atoms with Gasteiger partial charge in [-0.2, -0.15) is 0 Å². The second-order valence-electron chi connectivity index (χ2n) is 7.80. The van der Waals surface area contributed by atoms with Crippen LogP contribution in [0.25, 0.3) is 0 Å². The van der Waals surface area contributed by atoms with E-state index in [9.17, 15) is 24.3 Å². The summed E-state index contributed by atoms with van der Waals surface area (Å²) < 4.78 is 0. The van der Waals surface area contributed by atoms with Crippen LogP contribution in [-0.4, -0.2) is 57.1 Å². The Kier molecular flexibility index (Phi) is 6.67. The zero-order chi connectivity index (χ0) is 24.9. The highest BCUT2D eigenvalue weighted by atomic mass is 16.4. The molecule has 0 bridgehead atoms. The number of carboxylic acids is 1. The van der Waals surface area contributed by atoms with Crippen LogP contribution in [0.4, 0.5) is 16.3 Å². The van der Waals surface area contributed by atoms with E-state index in [1.54, 1.807) is 24.3 Å². The Bertz CT molecular complexity index is 1280. The fraction of sp³-hybridized carbons (Fsp3) is 0.167. The molecule has 11 heteroatoms. The summed E-state index contributed by atoms with van der Waals surface area (Å²) in [5.74, 6) is -2.22. The molecule has 1 aliphatic rings. The number of carboxylic acid groups (broad SMARTS) is 1. The van der Waals surface area contributed by atoms with Gasteiger partial charge in [-0.15, -0.1) is 10.2 Å². The quantitative estimate of drug-likeness (QED) is 0.458. The molecule has 1 aromatic heterocycles. The summed E-state index contributed by atoms with van der Waals surface area (Å²) in [6, 6.07) is 15.1. The van der Waals surface area contributed by atoms with Crippen molar-refractivity contribution in [2.75, 3.05) is 23.7 Å². The molecule has 2 heterocycles. The van der Waals surface area contributed by atoms with Crippen LogP contribution in [0.2, 0.25) is 0 Å². The maximum Gasteiger partial charge on any atom is 0.336 e. The second kappa shape index (κ2) is 10.00.